The van der Waals surface area contributed by atoms with Crippen LogP contribution in [0, 0.1) is 5.92 Å². The van der Waals surface area contributed by atoms with E-state index in [1.807, 2.05) is 54.6 Å². The first-order valence-corrected chi connectivity index (χ1v) is 8.40. The number of nitrogens with one attached hydrogen (secondary N) is 1. The molecule has 1 aliphatic rings. The van der Waals surface area contributed by atoms with Crippen LogP contribution in [0.15, 0.2) is 54.6 Å². The van der Waals surface area contributed by atoms with E-state index < -0.39 is 24.0 Å². The van der Waals surface area contributed by atoms with Gasteiger partial charge < -0.3 is 15.2 Å². The molecule has 2 aromatic rings. The maximum absolute atomic E-state index is 12.2. The first-order chi connectivity index (χ1) is 12.0. The predicted molar refractivity (Wildman–Crippen MR) is 94.3 cm³/mol. The molecule has 5 heteroatoms. The molecule has 0 heterocycles. The second kappa shape index (κ2) is 7.38. The van der Waals surface area contributed by atoms with Crippen LogP contribution in [0.2, 0.25) is 0 Å². The van der Waals surface area contributed by atoms with Crippen molar-refractivity contribution in [2.24, 2.45) is 5.92 Å². The molecule has 2 unspecified atom stereocenters. The van der Waals surface area contributed by atoms with Gasteiger partial charge in [0.05, 0.1) is 0 Å². The number of carbonyl (C=O) groups excluding carboxylic acids is 1. The number of carboxylic acid groups (broad SMARTS) is 1. The minimum Gasteiger partial charge on any atom is -0.481 e. The highest BCUT2D eigenvalue weighted by Crippen LogP contribution is 2.32. The van der Waals surface area contributed by atoms with E-state index in [9.17, 15) is 14.7 Å². The van der Waals surface area contributed by atoms with Gasteiger partial charge in [-0.1, -0.05) is 42.5 Å². The summed E-state index contributed by atoms with van der Waals surface area (Å²) in [6.07, 6.45) is 0.920. The Kier molecular flexibility index (Phi) is 5.03. The Morgan fingerprint density at radius 2 is 1.64 bits per heavy atom. The van der Waals surface area contributed by atoms with Gasteiger partial charge in [-0.2, -0.15) is 0 Å². The van der Waals surface area contributed by atoms with Crippen molar-refractivity contribution in [2.75, 3.05) is 0 Å². The van der Waals surface area contributed by atoms with Gasteiger partial charge in [0.25, 0.3) is 5.91 Å². The number of ether oxygens (including phenoxy) is 1. The van der Waals surface area contributed by atoms with Crippen LogP contribution in [-0.2, 0) is 9.59 Å². The number of rotatable bonds is 7. The summed E-state index contributed by atoms with van der Waals surface area (Å²) in [4.78, 5) is 23.4. The maximum Gasteiger partial charge on any atom is 0.326 e. The summed E-state index contributed by atoms with van der Waals surface area (Å²) < 4.78 is 5.64. The van der Waals surface area contributed by atoms with Crippen LogP contribution in [0.1, 0.15) is 19.8 Å². The summed E-state index contributed by atoms with van der Waals surface area (Å²) in [7, 11) is 0. The van der Waals surface area contributed by atoms with Crippen LogP contribution in [0.4, 0.5) is 0 Å². The predicted octanol–water partition coefficient (Wildman–Crippen LogP) is 3.10. The summed E-state index contributed by atoms with van der Waals surface area (Å²) in [5, 5.41) is 11.8. The van der Waals surface area contributed by atoms with Crippen molar-refractivity contribution in [1.29, 1.82) is 0 Å². The fourth-order valence-corrected chi connectivity index (χ4v) is 2.70. The number of aliphatic carboxylic acids is 1. The number of amides is 1. The van der Waals surface area contributed by atoms with Crippen molar-refractivity contribution in [3.63, 3.8) is 0 Å². The third-order valence-corrected chi connectivity index (χ3v) is 4.30. The van der Waals surface area contributed by atoms with Crippen molar-refractivity contribution in [1.82, 2.24) is 5.32 Å². The van der Waals surface area contributed by atoms with Gasteiger partial charge in [0.1, 0.15) is 11.8 Å². The zero-order valence-electron chi connectivity index (χ0n) is 14.0. The smallest absolute Gasteiger partial charge is 0.326 e. The summed E-state index contributed by atoms with van der Waals surface area (Å²) in [6.45, 7) is 1.62. The van der Waals surface area contributed by atoms with E-state index in [0.717, 1.165) is 24.0 Å². The SMILES string of the molecule is CC(Oc1ccc(-c2ccccc2)cc1)C(=O)NC(C(=O)O)C1CC1. The van der Waals surface area contributed by atoms with Crippen LogP contribution in [-0.4, -0.2) is 29.1 Å². The van der Waals surface area contributed by atoms with Crippen molar-refractivity contribution in [2.45, 2.75) is 31.9 Å². The van der Waals surface area contributed by atoms with Gasteiger partial charge in [0.15, 0.2) is 6.10 Å². The van der Waals surface area contributed by atoms with Gasteiger partial charge in [-0.15, -0.1) is 0 Å². The number of carbonyl (C=O) groups is 2. The van der Waals surface area contributed by atoms with Crippen LogP contribution in [0.3, 0.4) is 0 Å². The molecule has 1 amide bonds. The van der Waals surface area contributed by atoms with E-state index in [2.05, 4.69) is 5.32 Å². The highest BCUT2D eigenvalue weighted by Gasteiger charge is 2.38. The van der Waals surface area contributed by atoms with E-state index in [1.54, 1.807) is 6.92 Å². The molecule has 0 spiro atoms. The van der Waals surface area contributed by atoms with Gasteiger partial charge >= 0.3 is 5.97 Å². The Morgan fingerprint density at radius 1 is 1.04 bits per heavy atom. The molecule has 1 aliphatic carbocycles. The molecule has 2 aromatic carbocycles. The molecular formula is C20H21NO4. The van der Waals surface area contributed by atoms with Crippen LogP contribution in [0.5, 0.6) is 5.75 Å². The second-order valence-corrected chi connectivity index (χ2v) is 6.31. The number of carboxylic acids is 1. The Hall–Kier alpha value is -2.82. The lowest BCUT2D eigenvalue weighted by molar-refractivity contribution is -0.143. The molecule has 25 heavy (non-hydrogen) atoms. The van der Waals surface area contributed by atoms with Crippen LogP contribution < -0.4 is 10.1 Å². The zero-order valence-corrected chi connectivity index (χ0v) is 14.0. The fourth-order valence-electron chi connectivity index (χ4n) is 2.70. The van der Waals surface area contributed by atoms with Gasteiger partial charge in [0, 0.05) is 0 Å². The van der Waals surface area contributed by atoms with E-state index in [4.69, 9.17) is 4.74 Å². The molecule has 2 N–H and O–H groups in total. The number of hydrogen-bond donors (Lipinski definition) is 2. The van der Waals surface area contributed by atoms with E-state index in [-0.39, 0.29) is 5.92 Å². The molecule has 5 nitrogen and oxygen atoms in total. The molecule has 0 saturated heterocycles. The van der Waals surface area contributed by atoms with Crippen molar-refractivity contribution in [3.8, 4) is 16.9 Å². The first-order valence-electron chi connectivity index (χ1n) is 8.40. The van der Waals surface area contributed by atoms with E-state index in [1.165, 1.54) is 0 Å². The average molecular weight is 339 g/mol. The summed E-state index contributed by atoms with van der Waals surface area (Å²) >= 11 is 0. The highest BCUT2D eigenvalue weighted by molar-refractivity contribution is 5.86. The van der Waals surface area contributed by atoms with Gasteiger partial charge in [-0.25, -0.2) is 4.79 Å². The Labute approximate surface area is 146 Å². The van der Waals surface area contributed by atoms with Crippen molar-refractivity contribution < 1.29 is 19.4 Å². The van der Waals surface area contributed by atoms with Gasteiger partial charge in [-0.3, -0.25) is 4.79 Å². The Morgan fingerprint density at radius 3 is 2.20 bits per heavy atom. The van der Waals surface area contributed by atoms with Crippen LogP contribution >= 0.6 is 0 Å². The maximum atomic E-state index is 12.2. The summed E-state index contributed by atoms with van der Waals surface area (Å²) in [6, 6.07) is 16.6. The highest BCUT2D eigenvalue weighted by atomic mass is 16.5. The Balaban J connectivity index is 1.59. The quantitative estimate of drug-likeness (QED) is 0.813. The number of hydrogen-bond acceptors (Lipinski definition) is 3. The third kappa shape index (κ3) is 4.38. The second-order valence-electron chi connectivity index (χ2n) is 6.31. The first kappa shape index (κ1) is 17.0. The van der Waals surface area contributed by atoms with Gasteiger partial charge in [-0.05, 0) is 48.9 Å². The van der Waals surface area contributed by atoms with E-state index in [0.29, 0.717) is 5.75 Å². The average Bonchev–Trinajstić information content (AvgIpc) is 3.45. The monoisotopic (exact) mass is 339 g/mol. The molecule has 0 radical (unpaired) electrons. The minimum atomic E-state index is -0.990. The molecule has 3 rings (SSSR count). The summed E-state index contributed by atoms with van der Waals surface area (Å²) in [5.74, 6) is -0.791. The molecule has 0 aliphatic heterocycles. The lowest BCUT2D eigenvalue weighted by Crippen LogP contribution is -2.47. The molecule has 1 fully saturated rings. The normalized spacial score (nSPS) is 15.9. The fraction of sp³-hybridized carbons (Fsp3) is 0.300. The zero-order chi connectivity index (χ0) is 17.8. The molecule has 0 bridgehead atoms. The minimum absolute atomic E-state index is 0.0406. The lowest BCUT2D eigenvalue weighted by Gasteiger charge is -2.18. The van der Waals surface area contributed by atoms with Crippen molar-refractivity contribution >= 4 is 11.9 Å². The number of benzene rings is 2. The topological polar surface area (TPSA) is 75.6 Å². The van der Waals surface area contributed by atoms with E-state index >= 15 is 0 Å². The lowest BCUT2D eigenvalue weighted by atomic mass is 10.1. The molecule has 2 atom stereocenters. The van der Waals surface area contributed by atoms with Crippen LogP contribution in [0.25, 0.3) is 11.1 Å². The third-order valence-electron chi connectivity index (χ3n) is 4.30. The molecule has 130 valence electrons. The Bertz CT molecular complexity index is 738. The molecular weight excluding hydrogens is 318 g/mol. The summed E-state index contributed by atoms with van der Waals surface area (Å²) in [5.41, 5.74) is 2.17. The van der Waals surface area contributed by atoms with Gasteiger partial charge in [0.2, 0.25) is 0 Å². The van der Waals surface area contributed by atoms with Crippen molar-refractivity contribution in [3.05, 3.63) is 54.6 Å². The largest absolute Gasteiger partial charge is 0.481 e. The molecule has 0 aromatic heterocycles. The molecule has 1 saturated carbocycles. The standard InChI is InChI=1S/C20H21NO4/c1-13(19(22)21-18(20(23)24)16-7-8-16)25-17-11-9-15(10-12-17)14-5-3-2-4-6-14/h2-6,9-13,16,18H,7-8H2,1H3,(H,21,22)(H,23,24).